The molecule has 0 atom stereocenters. The molecule has 0 saturated carbocycles. The number of primary amides is 1. The number of aryl methyl sites for hydroxylation is 1. The van der Waals surface area contributed by atoms with Crippen LogP contribution >= 0.6 is 0 Å². The molecule has 0 aliphatic rings. The zero-order valence-electron chi connectivity index (χ0n) is 10.9. The number of benzene rings is 1. The molecule has 0 spiro atoms. The van der Waals surface area contributed by atoms with E-state index in [4.69, 9.17) is 10.5 Å². The SMILES string of the molecule is CCCn1cc(OCc2cccc(C(N)=O)c2)cn1. The number of carbonyl (C=O) groups excluding carboxylic acids is 1. The average molecular weight is 259 g/mol. The molecule has 0 saturated heterocycles. The summed E-state index contributed by atoms with van der Waals surface area (Å²) < 4.78 is 7.46. The lowest BCUT2D eigenvalue weighted by atomic mass is 10.1. The number of nitrogens with two attached hydrogens (primary N) is 1. The molecule has 0 fully saturated rings. The van der Waals surface area contributed by atoms with Crippen molar-refractivity contribution in [3.05, 3.63) is 47.8 Å². The maximum absolute atomic E-state index is 11.1. The van der Waals surface area contributed by atoms with Crippen molar-refractivity contribution in [2.24, 2.45) is 5.73 Å². The number of ether oxygens (including phenoxy) is 1. The first-order valence-corrected chi connectivity index (χ1v) is 6.23. The molecule has 0 bridgehead atoms. The average Bonchev–Trinajstić information content (AvgIpc) is 2.85. The molecule has 0 radical (unpaired) electrons. The predicted octanol–water partition coefficient (Wildman–Crippen LogP) is 1.97. The fourth-order valence-corrected chi connectivity index (χ4v) is 1.75. The van der Waals surface area contributed by atoms with Gasteiger partial charge in [-0.2, -0.15) is 5.10 Å². The summed E-state index contributed by atoms with van der Waals surface area (Å²) in [5.74, 6) is 0.288. The highest BCUT2D eigenvalue weighted by molar-refractivity contribution is 5.92. The summed E-state index contributed by atoms with van der Waals surface area (Å²) >= 11 is 0. The van der Waals surface area contributed by atoms with Gasteiger partial charge in [-0.05, 0) is 24.1 Å². The Morgan fingerprint density at radius 2 is 2.32 bits per heavy atom. The monoisotopic (exact) mass is 259 g/mol. The number of nitrogens with zero attached hydrogens (tertiary/aromatic N) is 2. The van der Waals surface area contributed by atoms with Crippen LogP contribution in [0.2, 0.25) is 0 Å². The fourth-order valence-electron chi connectivity index (χ4n) is 1.75. The van der Waals surface area contributed by atoms with Crippen molar-refractivity contribution in [3.8, 4) is 5.75 Å². The minimum atomic E-state index is -0.433. The van der Waals surface area contributed by atoms with E-state index in [0.717, 1.165) is 24.3 Å². The molecule has 0 unspecified atom stereocenters. The molecule has 1 heterocycles. The lowest BCUT2D eigenvalue weighted by molar-refractivity contribution is 0.1000. The smallest absolute Gasteiger partial charge is 0.248 e. The van der Waals surface area contributed by atoms with Gasteiger partial charge >= 0.3 is 0 Å². The normalized spacial score (nSPS) is 10.4. The molecule has 5 heteroatoms. The Morgan fingerprint density at radius 1 is 1.47 bits per heavy atom. The zero-order chi connectivity index (χ0) is 13.7. The molecule has 5 nitrogen and oxygen atoms in total. The minimum Gasteiger partial charge on any atom is -0.486 e. The van der Waals surface area contributed by atoms with Crippen LogP contribution in [0.5, 0.6) is 5.75 Å². The Balaban J connectivity index is 1.97. The maximum Gasteiger partial charge on any atom is 0.248 e. The molecule has 1 aromatic heterocycles. The van der Waals surface area contributed by atoms with Crippen molar-refractivity contribution >= 4 is 5.91 Å². The van der Waals surface area contributed by atoms with Crippen LogP contribution < -0.4 is 10.5 Å². The summed E-state index contributed by atoms with van der Waals surface area (Å²) in [5.41, 5.74) is 6.62. The van der Waals surface area contributed by atoms with Crippen LogP contribution in [0, 0.1) is 0 Å². The van der Waals surface area contributed by atoms with Crippen molar-refractivity contribution in [1.82, 2.24) is 9.78 Å². The van der Waals surface area contributed by atoms with Crippen LogP contribution in [0.4, 0.5) is 0 Å². The van der Waals surface area contributed by atoms with Crippen molar-refractivity contribution in [2.75, 3.05) is 0 Å². The minimum absolute atomic E-state index is 0.388. The Hall–Kier alpha value is -2.30. The predicted molar refractivity (Wildman–Crippen MR) is 71.8 cm³/mol. The van der Waals surface area contributed by atoms with E-state index in [-0.39, 0.29) is 0 Å². The second-order valence-corrected chi connectivity index (χ2v) is 4.29. The number of hydrogen-bond acceptors (Lipinski definition) is 3. The summed E-state index contributed by atoms with van der Waals surface area (Å²) in [6.07, 6.45) is 4.58. The first-order chi connectivity index (χ1) is 9.19. The van der Waals surface area contributed by atoms with Crippen molar-refractivity contribution < 1.29 is 9.53 Å². The standard InChI is InChI=1S/C14H17N3O2/c1-2-6-17-9-13(8-16-17)19-10-11-4-3-5-12(7-11)14(15)18/h3-5,7-9H,2,6,10H2,1H3,(H2,15,18). The summed E-state index contributed by atoms with van der Waals surface area (Å²) in [5, 5.41) is 4.18. The highest BCUT2D eigenvalue weighted by Gasteiger charge is 2.03. The van der Waals surface area contributed by atoms with E-state index in [9.17, 15) is 4.79 Å². The Kier molecular flexibility index (Phi) is 4.18. The van der Waals surface area contributed by atoms with Crippen LogP contribution in [0.15, 0.2) is 36.7 Å². The first kappa shape index (κ1) is 13.1. The topological polar surface area (TPSA) is 70.1 Å². The highest BCUT2D eigenvalue weighted by Crippen LogP contribution is 2.12. The molecule has 100 valence electrons. The molecule has 0 aliphatic heterocycles. The van der Waals surface area contributed by atoms with E-state index in [1.54, 1.807) is 24.4 Å². The molecular weight excluding hydrogens is 242 g/mol. The number of carbonyl (C=O) groups is 1. The van der Waals surface area contributed by atoms with Crippen LogP contribution in [-0.4, -0.2) is 15.7 Å². The number of aromatic nitrogens is 2. The summed E-state index contributed by atoms with van der Waals surface area (Å²) in [6.45, 7) is 3.36. The summed E-state index contributed by atoms with van der Waals surface area (Å²) in [7, 11) is 0. The quantitative estimate of drug-likeness (QED) is 0.862. The van der Waals surface area contributed by atoms with Gasteiger partial charge in [-0.15, -0.1) is 0 Å². The first-order valence-electron chi connectivity index (χ1n) is 6.23. The Bertz CT molecular complexity index is 563. The van der Waals surface area contributed by atoms with E-state index in [1.165, 1.54) is 0 Å². The number of amides is 1. The van der Waals surface area contributed by atoms with Crippen LogP contribution in [0.1, 0.15) is 29.3 Å². The van der Waals surface area contributed by atoms with Crippen molar-refractivity contribution in [3.63, 3.8) is 0 Å². The second-order valence-electron chi connectivity index (χ2n) is 4.29. The third kappa shape index (κ3) is 3.58. The van der Waals surface area contributed by atoms with Gasteiger partial charge in [0.15, 0.2) is 5.75 Å². The number of rotatable bonds is 6. The van der Waals surface area contributed by atoms with Crippen LogP contribution in [0.3, 0.4) is 0 Å². The number of hydrogen-bond donors (Lipinski definition) is 1. The van der Waals surface area contributed by atoms with Crippen LogP contribution in [-0.2, 0) is 13.2 Å². The Labute approximate surface area is 112 Å². The third-order valence-electron chi connectivity index (χ3n) is 2.68. The largest absolute Gasteiger partial charge is 0.486 e. The van der Waals surface area contributed by atoms with Gasteiger partial charge in [0.05, 0.1) is 12.4 Å². The van der Waals surface area contributed by atoms with E-state index in [2.05, 4.69) is 12.0 Å². The molecule has 2 N–H and O–H groups in total. The summed E-state index contributed by atoms with van der Waals surface area (Å²) in [6, 6.07) is 7.10. The maximum atomic E-state index is 11.1. The molecule has 1 amide bonds. The van der Waals surface area contributed by atoms with Gasteiger partial charge in [-0.25, -0.2) is 0 Å². The molecule has 2 aromatic rings. The lowest BCUT2D eigenvalue weighted by Crippen LogP contribution is -2.11. The lowest BCUT2D eigenvalue weighted by Gasteiger charge is -2.04. The van der Waals surface area contributed by atoms with Crippen LogP contribution in [0.25, 0.3) is 0 Å². The second kappa shape index (κ2) is 6.04. The Morgan fingerprint density at radius 3 is 3.05 bits per heavy atom. The molecule has 1 aromatic carbocycles. The highest BCUT2D eigenvalue weighted by atomic mass is 16.5. The van der Waals surface area contributed by atoms with Gasteiger partial charge < -0.3 is 10.5 Å². The fraction of sp³-hybridized carbons (Fsp3) is 0.286. The van der Waals surface area contributed by atoms with E-state index >= 15 is 0 Å². The van der Waals surface area contributed by atoms with E-state index in [1.807, 2.05) is 16.9 Å². The molecule has 19 heavy (non-hydrogen) atoms. The summed E-state index contributed by atoms with van der Waals surface area (Å²) in [4.78, 5) is 11.1. The van der Waals surface area contributed by atoms with E-state index < -0.39 is 5.91 Å². The van der Waals surface area contributed by atoms with Gasteiger partial charge in [0.2, 0.25) is 5.91 Å². The molecular formula is C14H17N3O2. The van der Waals surface area contributed by atoms with E-state index in [0.29, 0.717) is 12.2 Å². The molecule has 2 rings (SSSR count). The van der Waals surface area contributed by atoms with Gasteiger partial charge in [0.25, 0.3) is 0 Å². The van der Waals surface area contributed by atoms with Gasteiger partial charge in [0, 0.05) is 12.1 Å². The molecule has 0 aliphatic carbocycles. The van der Waals surface area contributed by atoms with Crippen molar-refractivity contribution in [1.29, 1.82) is 0 Å². The van der Waals surface area contributed by atoms with Crippen molar-refractivity contribution in [2.45, 2.75) is 26.5 Å². The van der Waals surface area contributed by atoms with Gasteiger partial charge in [-0.3, -0.25) is 9.48 Å². The van der Waals surface area contributed by atoms with Gasteiger partial charge in [0.1, 0.15) is 6.61 Å². The van der Waals surface area contributed by atoms with Gasteiger partial charge in [-0.1, -0.05) is 19.1 Å². The third-order valence-corrected chi connectivity index (χ3v) is 2.68. The zero-order valence-corrected chi connectivity index (χ0v) is 10.9.